The van der Waals surface area contributed by atoms with Gasteiger partial charge in [0.2, 0.25) is 0 Å². The number of ether oxygens (including phenoxy) is 1. The van der Waals surface area contributed by atoms with Crippen LogP contribution in [0.5, 0.6) is 5.75 Å². The summed E-state index contributed by atoms with van der Waals surface area (Å²) in [5.41, 5.74) is 1.71. The number of hydrogen-bond donors (Lipinski definition) is 1. The van der Waals surface area contributed by atoms with Crippen LogP contribution in [0.4, 0.5) is 4.39 Å². The first-order chi connectivity index (χ1) is 12.5. The molecule has 7 heteroatoms. The molecule has 1 saturated heterocycles. The van der Waals surface area contributed by atoms with E-state index < -0.39 is 12.3 Å². The zero-order valence-corrected chi connectivity index (χ0v) is 21.0. The maximum atomic E-state index is 13.3. The maximum Gasteiger partial charge on any atom is 0.119 e. The normalized spacial score (nSPS) is 26.7. The summed E-state index contributed by atoms with van der Waals surface area (Å²) in [4.78, 5) is 2.52. The van der Waals surface area contributed by atoms with Crippen LogP contribution >= 0.6 is 40.5 Å². The molecule has 2 aliphatic heterocycles. The van der Waals surface area contributed by atoms with Crippen molar-refractivity contribution in [2.24, 2.45) is 11.8 Å². The lowest BCUT2D eigenvalue weighted by Gasteiger charge is -2.51. The summed E-state index contributed by atoms with van der Waals surface area (Å²) < 4.78 is 18.9. The van der Waals surface area contributed by atoms with E-state index in [1.54, 1.807) is 0 Å². The van der Waals surface area contributed by atoms with Gasteiger partial charge in [-0.2, -0.15) is 40.5 Å². The van der Waals surface area contributed by atoms with Crippen LogP contribution in [0.2, 0.25) is 0 Å². The Bertz CT molecular complexity index is 622. The van der Waals surface area contributed by atoms with E-state index in [0.717, 1.165) is 38.1 Å². The number of hydrogen-bond acceptors (Lipinski definition) is 3. The Hall–Kier alpha value is -0.0800. The lowest BCUT2D eigenvalue weighted by molar-refractivity contribution is -0.111. The van der Waals surface area contributed by atoms with Gasteiger partial charge in [-0.25, -0.2) is 0 Å². The molecule has 2 aliphatic rings. The van der Waals surface area contributed by atoms with Crippen molar-refractivity contribution < 1.29 is 14.2 Å². The second-order valence-electron chi connectivity index (χ2n) is 8.25. The van der Waals surface area contributed by atoms with Crippen molar-refractivity contribution in [2.45, 2.75) is 64.5 Å². The van der Waals surface area contributed by atoms with Gasteiger partial charge in [0.05, 0.1) is 18.9 Å². The molecular weight excluding hydrogens is 425 g/mol. The summed E-state index contributed by atoms with van der Waals surface area (Å²) >= 11 is 0. The van der Waals surface area contributed by atoms with E-state index in [4.69, 9.17) is 4.74 Å². The van der Waals surface area contributed by atoms with E-state index in [2.05, 4.69) is 30.9 Å². The predicted molar refractivity (Wildman–Crippen MR) is 134 cm³/mol. The van der Waals surface area contributed by atoms with Crippen LogP contribution < -0.4 is 4.74 Å². The van der Waals surface area contributed by atoms with E-state index in [0.29, 0.717) is 18.9 Å². The van der Waals surface area contributed by atoms with Gasteiger partial charge in [0.25, 0.3) is 0 Å². The van der Waals surface area contributed by atoms with Crippen LogP contribution in [-0.4, -0.2) is 42.0 Å². The molecule has 29 heavy (non-hydrogen) atoms. The largest absolute Gasteiger partial charge is 0.494 e. The third-order valence-electron chi connectivity index (χ3n) is 6.57. The van der Waals surface area contributed by atoms with Crippen LogP contribution in [0.3, 0.4) is 0 Å². The molecule has 1 N–H and O–H groups in total. The SMILES string of the molecule is CCOc1ccc2c(c1)CCN1C[C@H](CC(C)CC)[C@](O)(CC[19F])C[C@@H]21.S.S.S. The molecule has 4 atom stereocenters. The second-order valence-corrected chi connectivity index (χ2v) is 8.25. The highest BCUT2D eigenvalue weighted by Gasteiger charge is 2.47. The Labute approximate surface area is 197 Å². The number of alkyl halides is 1. The molecular formula is C22H40FNO2S3. The first-order valence-electron chi connectivity index (χ1n) is 10.3. The summed E-state index contributed by atoms with van der Waals surface area (Å²) in [6, 6.07) is 6.53. The zero-order valence-electron chi connectivity index (χ0n) is 18.0. The molecule has 2 heterocycles. The molecule has 1 fully saturated rings. The van der Waals surface area contributed by atoms with Gasteiger partial charge >= 0.3 is 0 Å². The third-order valence-corrected chi connectivity index (χ3v) is 6.57. The average molecular weight is 466 g/mol. The van der Waals surface area contributed by atoms with Crippen LogP contribution in [0, 0.1) is 11.8 Å². The average Bonchev–Trinajstić information content (AvgIpc) is 2.62. The molecule has 170 valence electrons. The van der Waals surface area contributed by atoms with Gasteiger partial charge in [-0.1, -0.05) is 26.3 Å². The van der Waals surface area contributed by atoms with Gasteiger partial charge in [0.15, 0.2) is 0 Å². The Morgan fingerprint density at radius 2 is 2.00 bits per heavy atom. The highest BCUT2D eigenvalue weighted by molar-refractivity contribution is 7.59. The Balaban J connectivity index is 0.00000261. The van der Waals surface area contributed by atoms with Crippen molar-refractivity contribution in [2.75, 3.05) is 26.4 Å². The van der Waals surface area contributed by atoms with Crippen LogP contribution in [-0.2, 0) is 6.42 Å². The van der Waals surface area contributed by atoms with Gasteiger partial charge in [0, 0.05) is 31.5 Å². The monoisotopic (exact) mass is 465 g/mol. The number of fused-ring (bicyclic) bond motifs is 3. The highest BCUT2D eigenvalue weighted by atomic mass is 32.1. The van der Waals surface area contributed by atoms with E-state index in [9.17, 15) is 9.50 Å². The lowest BCUT2D eigenvalue weighted by Crippen LogP contribution is -2.55. The quantitative estimate of drug-likeness (QED) is 0.624. The summed E-state index contributed by atoms with van der Waals surface area (Å²) in [5.74, 6) is 1.64. The van der Waals surface area contributed by atoms with Crippen LogP contribution in [0.1, 0.15) is 63.6 Å². The number of halogens is 1. The maximum absolute atomic E-state index is 13.3. The molecule has 0 radical (unpaired) electrons. The number of nitrogens with zero attached hydrogens (tertiary/aromatic N) is 1. The van der Waals surface area contributed by atoms with E-state index in [-0.39, 0.29) is 58.9 Å². The number of benzene rings is 1. The summed E-state index contributed by atoms with van der Waals surface area (Å²) in [6.45, 7) is 8.53. The molecule has 0 aromatic heterocycles. The predicted octanol–water partition coefficient (Wildman–Crippen LogP) is 4.87. The van der Waals surface area contributed by atoms with Crippen molar-refractivity contribution in [1.82, 2.24) is 4.90 Å². The van der Waals surface area contributed by atoms with Crippen molar-refractivity contribution in [3.63, 3.8) is 0 Å². The third kappa shape index (κ3) is 6.45. The first-order valence-corrected chi connectivity index (χ1v) is 10.3. The van der Waals surface area contributed by atoms with Crippen molar-refractivity contribution in [1.29, 1.82) is 0 Å². The van der Waals surface area contributed by atoms with Gasteiger partial charge in [-0.05, 0) is 55.4 Å². The second kappa shape index (κ2) is 12.7. The highest BCUT2D eigenvalue weighted by Crippen LogP contribution is 2.46. The molecule has 0 aliphatic carbocycles. The van der Waals surface area contributed by atoms with Crippen molar-refractivity contribution in [3.8, 4) is 5.75 Å². The first kappa shape index (κ1) is 28.9. The molecule has 1 aromatic rings. The summed E-state index contributed by atoms with van der Waals surface area (Å²) in [5, 5.41) is 11.4. The molecule has 3 nitrogen and oxygen atoms in total. The molecule has 1 aromatic carbocycles. The zero-order chi connectivity index (χ0) is 18.7. The summed E-state index contributed by atoms with van der Waals surface area (Å²) in [6.07, 6.45) is 4.00. The topological polar surface area (TPSA) is 32.7 Å². The van der Waals surface area contributed by atoms with Gasteiger partial charge in [0.1, 0.15) is 5.75 Å². The van der Waals surface area contributed by atoms with Gasteiger partial charge in [-0.3, -0.25) is 9.29 Å². The van der Waals surface area contributed by atoms with E-state index in [1.807, 2.05) is 13.0 Å². The number of aliphatic hydroxyl groups is 1. The van der Waals surface area contributed by atoms with Gasteiger partial charge in [-0.15, -0.1) is 0 Å². The fourth-order valence-electron chi connectivity index (χ4n) is 4.82. The van der Waals surface area contributed by atoms with Crippen molar-refractivity contribution >= 4 is 40.5 Å². The molecule has 0 amide bonds. The Kier molecular flexibility index (Phi) is 12.7. The molecule has 1 unspecified atom stereocenters. The van der Waals surface area contributed by atoms with E-state index in [1.165, 1.54) is 11.1 Å². The van der Waals surface area contributed by atoms with Crippen molar-refractivity contribution in [3.05, 3.63) is 29.3 Å². The minimum Gasteiger partial charge on any atom is -0.494 e. The lowest BCUT2D eigenvalue weighted by atomic mass is 9.69. The van der Waals surface area contributed by atoms with E-state index >= 15 is 0 Å². The fraction of sp³-hybridized carbons (Fsp3) is 0.727. The minimum atomic E-state index is -0.896. The Morgan fingerprint density at radius 3 is 2.62 bits per heavy atom. The smallest absolute Gasteiger partial charge is 0.119 e. The van der Waals surface area contributed by atoms with Crippen LogP contribution in [0.15, 0.2) is 18.2 Å². The number of rotatable bonds is 7. The van der Waals surface area contributed by atoms with Crippen LogP contribution in [0.25, 0.3) is 0 Å². The molecule has 0 spiro atoms. The Morgan fingerprint density at radius 1 is 1.28 bits per heavy atom. The molecule has 0 saturated carbocycles. The van der Waals surface area contributed by atoms with Gasteiger partial charge < -0.3 is 9.84 Å². The fourth-order valence-corrected chi connectivity index (χ4v) is 4.82. The standard InChI is InChI=1S/C22H34FNO2.3H2S/c1-4-16(3)12-18-15-24-11-8-17-13-19(26-5-2)6-7-20(17)21(24)14-22(18,25)9-10-23;;;/h6-7,13,16,18,21,25H,4-5,8-12,14-15H2,1-3H3;3*1H2/t16?,18-,21-,22-;;;/m0.../s1/i23+0;;;. The molecule has 3 rings (SSSR count). The minimum absolute atomic E-state index is 0. The summed E-state index contributed by atoms with van der Waals surface area (Å²) in [7, 11) is 0. The molecule has 0 bridgehead atoms. The number of piperidine rings is 1.